The van der Waals surface area contributed by atoms with Crippen molar-refractivity contribution in [2.75, 3.05) is 33.9 Å². The second kappa shape index (κ2) is 14.3. The Morgan fingerprint density at radius 2 is 1.87 bits per heavy atom. The molecule has 0 aromatic rings. The van der Waals surface area contributed by atoms with Crippen molar-refractivity contribution in [3.8, 4) is 0 Å². The Kier molecular flexibility index (Phi) is 12.5. The zero-order valence-corrected chi connectivity index (χ0v) is 18.3. The average molecular weight is 430 g/mol. The van der Waals surface area contributed by atoms with Crippen LogP contribution in [0.4, 0.5) is 0 Å². The number of hydrogen-bond donors (Lipinski definition) is 5. The molecule has 1 saturated carbocycles. The molecule has 30 heavy (non-hydrogen) atoms. The van der Waals surface area contributed by atoms with Crippen LogP contribution in [-0.4, -0.2) is 73.8 Å². The maximum Gasteiger partial charge on any atom is 0.319 e. The molecule has 0 aromatic heterocycles. The molecule has 7 N–H and O–H groups in total. The van der Waals surface area contributed by atoms with Gasteiger partial charge in [-0.15, -0.1) is 0 Å². The van der Waals surface area contributed by atoms with Crippen molar-refractivity contribution in [2.45, 2.75) is 63.5 Å². The van der Waals surface area contributed by atoms with E-state index in [0.29, 0.717) is 13.0 Å². The van der Waals surface area contributed by atoms with Crippen LogP contribution in [0, 0.1) is 11.8 Å². The summed E-state index contributed by atoms with van der Waals surface area (Å²) >= 11 is 0. The molecule has 0 radical (unpaired) electrons. The van der Waals surface area contributed by atoms with Crippen LogP contribution in [0.1, 0.15) is 51.4 Å². The number of carbonyl (C=O) groups excluding carboxylic acids is 2. The predicted octanol–water partition coefficient (Wildman–Crippen LogP) is -0.182. The molecule has 174 valence electrons. The Labute approximate surface area is 179 Å². The molecule has 0 spiro atoms. The number of aliphatic carboxylic acids is 1. The molecule has 0 aromatic carbocycles. The third-order valence-electron chi connectivity index (χ3n) is 5.42. The number of carbonyl (C=O) groups is 3. The highest BCUT2D eigenvalue weighted by atomic mass is 16.5. The van der Waals surface area contributed by atoms with Crippen molar-refractivity contribution < 1.29 is 24.2 Å². The largest absolute Gasteiger partial charge is 0.480 e. The van der Waals surface area contributed by atoms with Gasteiger partial charge >= 0.3 is 5.97 Å². The molecule has 1 fully saturated rings. The van der Waals surface area contributed by atoms with Crippen molar-refractivity contribution in [3.63, 3.8) is 0 Å². The minimum absolute atomic E-state index is 0.0586. The third-order valence-corrected chi connectivity index (χ3v) is 5.42. The standard InChI is InChI=1S/C20H39N5O5/c1-25(13-19(27)28)24-18(26)11-17(15-10-14(15)12-21)23-20(29)16(22)8-6-4-3-5-7-9-30-2/h14-17H,3-13,21-22H2,1-2H3,(H,23,29)(H,24,26)(H,27,28)/t14-,15-,16-,17+/m0/s1. The van der Waals surface area contributed by atoms with Crippen LogP contribution >= 0.6 is 0 Å². The van der Waals surface area contributed by atoms with Crippen LogP contribution in [-0.2, 0) is 19.1 Å². The number of hydrogen-bond acceptors (Lipinski definition) is 7. The number of likely N-dealkylation sites (N-methyl/N-ethyl adjacent to an activating group) is 1. The van der Waals surface area contributed by atoms with E-state index >= 15 is 0 Å². The van der Waals surface area contributed by atoms with Gasteiger partial charge in [-0.05, 0) is 37.6 Å². The number of methoxy groups -OCH3 is 1. The number of amides is 2. The van der Waals surface area contributed by atoms with Crippen molar-refractivity contribution >= 4 is 17.8 Å². The summed E-state index contributed by atoms with van der Waals surface area (Å²) in [6, 6.07) is -0.969. The number of carboxylic acids is 1. The van der Waals surface area contributed by atoms with Crippen molar-refractivity contribution in [1.82, 2.24) is 15.8 Å². The van der Waals surface area contributed by atoms with Gasteiger partial charge < -0.3 is 26.6 Å². The zero-order valence-electron chi connectivity index (χ0n) is 18.3. The molecule has 0 bridgehead atoms. The number of nitrogens with one attached hydrogen (secondary N) is 2. The first kappa shape index (κ1) is 26.3. The SMILES string of the molecule is COCCCCCCC[C@H](N)C(=O)N[C@H](CC(=O)NN(C)CC(=O)O)[C@H]1C[C@H]1CN. The monoisotopic (exact) mass is 429 g/mol. The van der Waals surface area contributed by atoms with Gasteiger partial charge in [0.05, 0.1) is 6.04 Å². The molecule has 10 heteroatoms. The van der Waals surface area contributed by atoms with Gasteiger partial charge in [-0.2, -0.15) is 0 Å². The van der Waals surface area contributed by atoms with Crippen LogP contribution in [0.15, 0.2) is 0 Å². The highest BCUT2D eigenvalue weighted by Gasteiger charge is 2.43. The maximum atomic E-state index is 12.5. The van der Waals surface area contributed by atoms with Gasteiger partial charge in [0.15, 0.2) is 0 Å². The zero-order chi connectivity index (χ0) is 22.5. The molecule has 4 atom stereocenters. The summed E-state index contributed by atoms with van der Waals surface area (Å²) in [5, 5.41) is 12.9. The Morgan fingerprint density at radius 3 is 2.47 bits per heavy atom. The molecule has 0 aliphatic heterocycles. The Morgan fingerprint density at radius 1 is 1.20 bits per heavy atom. The van der Waals surface area contributed by atoms with E-state index in [1.165, 1.54) is 12.1 Å². The summed E-state index contributed by atoms with van der Waals surface area (Å²) in [5.74, 6) is -1.23. The minimum Gasteiger partial charge on any atom is -0.480 e. The van der Waals surface area contributed by atoms with E-state index in [2.05, 4.69) is 10.7 Å². The molecular weight excluding hydrogens is 390 g/mol. The van der Waals surface area contributed by atoms with E-state index in [9.17, 15) is 14.4 Å². The minimum atomic E-state index is -1.04. The summed E-state index contributed by atoms with van der Waals surface area (Å²) in [5.41, 5.74) is 14.3. The van der Waals surface area contributed by atoms with E-state index in [-0.39, 0.29) is 42.7 Å². The first-order chi connectivity index (χ1) is 14.3. The number of ether oxygens (including phenoxy) is 1. The Bertz CT molecular complexity index is 548. The quantitative estimate of drug-likeness (QED) is 0.157. The van der Waals surface area contributed by atoms with Crippen LogP contribution < -0.4 is 22.2 Å². The van der Waals surface area contributed by atoms with Crippen LogP contribution in [0.5, 0.6) is 0 Å². The first-order valence-electron chi connectivity index (χ1n) is 10.8. The van der Waals surface area contributed by atoms with Gasteiger partial charge in [0.25, 0.3) is 0 Å². The lowest BCUT2D eigenvalue weighted by Crippen LogP contribution is -2.50. The topological polar surface area (TPSA) is 160 Å². The normalized spacial score (nSPS) is 19.9. The molecule has 1 aliphatic carbocycles. The molecule has 0 unspecified atom stereocenters. The smallest absolute Gasteiger partial charge is 0.319 e. The Hall–Kier alpha value is -1.75. The van der Waals surface area contributed by atoms with Crippen molar-refractivity contribution in [2.24, 2.45) is 23.3 Å². The second-order valence-electron chi connectivity index (χ2n) is 8.16. The highest BCUT2D eigenvalue weighted by molar-refractivity contribution is 5.83. The number of rotatable bonds is 17. The molecule has 1 rings (SSSR count). The Balaban J connectivity index is 2.42. The molecule has 2 amide bonds. The highest BCUT2D eigenvalue weighted by Crippen LogP contribution is 2.41. The number of nitrogens with zero attached hydrogens (tertiary/aromatic N) is 1. The van der Waals surface area contributed by atoms with Crippen LogP contribution in [0.2, 0.25) is 0 Å². The fourth-order valence-corrected chi connectivity index (χ4v) is 3.61. The molecule has 10 nitrogen and oxygen atoms in total. The van der Waals surface area contributed by atoms with E-state index in [1.54, 1.807) is 7.11 Å². The third kappa shape index (κ3) is 10.9. The second-order valence-corrected chi connectivity index (χ2v) is 8.16. The fourth-order valence-electron chi connectivity index (χ4n) is 3.61. The van der Waals surface area contributed by atoms with Gasteiger partial charge in [-0.1, -0.05) is 25.7 Å². The summed E-state index contributed by atoms with van der Waals surface area (Å²) < 4.78 is 5.02. The lowest BCUT2D eigenvalue weighted by molar-refractivity contribution is -0.139. The summed E-state index contributed by atoms with van der Waals surface area (Å²) in [4.78, 5) is 35.5. The molecule has 0 heterocycles. The van der Waals surface area contributed by atoms with Crippen LogP contribution in [0.3, 0.4) is 0 Å². The van der Waals surface area contributed by atoms with E-state index in [0.717, 1.165) is 45.1 Å². The molecular formula is C20H39N5O5. The molecule has 1 aliphatic rings. The average Bonchev–Trinajstić information content (AvgIpc) is 3.45. The maximum absolute atomic E-state index is 12.5. The summed E-state index contributed by atoms with van der Waals surface area (Å²) in [6.07, 6.45) is 6.64. The molecule has 0 saturated heterocycles. The number of carboxylic acid groups (broad SMARTS) is 1. The number of nitrogens with two attached hydrogens (primary N) is 2. The van der Waals surface area contributed by atoms with Gasteiger partial charge in [0.2, 0.25) is 11.8 Å². The van der Waals surface area contributed by atoms with Crippen molar-refractivity contribution in [1.29, 1.82) is 0 Å². The van der Waals surface area contributed by atoms with Gasteiger partial charge in [0.1, 0.15) is 6.54 Å². The van der Waals surface area contributed by atoms with E-state index < -0.39 is 12.0 Å². The van der Waals surface area contributed by atoms with Gasteiger partial charge in [0, 0.05) is 33.2 Å². The van der Waals surface area contributed by atoms with E-state index in [4.69, 9.17) is 21.3 Å². The first-order valence-corrected chi connectivity index (χ1v) is 10.8. The van der Waals surface area contributed by atoms with Gasteiger partial charge in [-0.3, -0.25) is 19.8 Å². The van der Waals surface area contributed by atoms with Crippen LogP contribution in [0.25, 0.3) is 0 Å². The number of hydrazine groups is 1. The predicted molar refractivity (Wildman–Crippen MR) is 113 cm³/mol. The fraction of sp³-hybridized carbons (Fsp3) is 0.850. The lowest BCUT2D eigenvalue weighted by Gasteiger charge is -2.23. The summed E-state index contributed by atoms with van der Waals surface area (Å²) in [7, 11) is 3.17. The van der Waals surface area contributed by atoms with Gasteiger partial charge in [-0.25, -0.2) is 5.01 Å². The lowest BCUT2D eigenvalue weighted by atomic mass is 10.0. The van der Waals surface area contributed by atoms with Crippen molar-refractivity contribution in [3.05, 3.63) is 0 Å². The number of unbranched alkanes of at least 4 members (excludes halogenated alkanes) is 4. The summed E-state index contributed by atoms with van der Waals surface area (Å²) in [6.45, 7) is 0.967. The van der Waals surface area contributed by atoms with E-state index in [1.807, 2.05) is 0 Å².